The number of carbonyl (C=O) groups is 1. The van der Waals surface area contributed by atoms with E-state index in [0.717, 1.165) is 19.6 Å². The predicted molar refractivity (Wildman–Crippen MR) is 102 cm³/mol. The van der Waals surface area contributed by atoms with Crippen molar-refractivity contribution in [2.75, 3.05) is 45.2 Å². The molecule has 0 spiro atoms. The second-order valence-electron chi connectivity index (χ2n) is 6.65. The molecule has 8 heteroatoms. The lowest BCUT2D eigenvalue weighted by atomic mass is 10.1. The minimum atomic E-state index is -0.459. The monoisotopic (exact) mass is 375 g/mol. The topological polar surface area (TPSA) is 71.1 Å². The lowest BCUT2D eigenvalue weighted by molar-refractivity contribution is -0.917. The Hall–Kier alpha value is -2.45. The maximum absolute atomic E-state index is 13.0. The number of piperazine rings is 1. The van der Waals surface area contributed by atoms with Crippen LogP contribution in [0.15, 0.2) is 35.7 Å². The van der Waals surface area contributed by atoms with Gasteiger partial charge in [0.25, 0.3) is 11.6 Å². The summed E-state index contributed by atoms with van der Waals surface area (Å²) in [7, 11) is 3.67. The summed E-state index contributed by atoms with van der Waals surface area (Å²) in [5.74, 6) is -0.132. The van der Waals surface area contributed by atoms with Crippen LogP contribution in [0, 0.1) is 10.1 Å². The van der Waals surface area contributed by atoms with Gasteiger partial charge in [-0.15, -0.1) is 11.3 Å². The number of thiophene rings is 1. The van der Waals surface area contributed by atoms with Gasteiger partial charge in [-0.1, -0.05) is 6.07 Å². The Morgan fingerprint density at radius 1 is 1.31 bits per heavy atom. The van der Waals surface area contributed by atoms with Gasteiger partial charge in [0, 0.05) is 31.9 Å². The highest BCUT2D eigenvalue weighted by molar-refractivity contribution is 7.09. The molecule has 1 aliphatic heterocycles. The number of anilines is 1. The van der Waals surface area contributed by atoms with Gasteiger partial charge in [-0.3, -0.25) is 14.9 Å². The summed E-state index contributed by atoms with van der Waals surface area (Å²) in [5, 5.41) is 13.2. The Morgan fingerprint density at radius 3 is 2.62 bits per heavy atom. The highest BCUT2D eigenvalue weighted by Crippen LogP contribution is 2.25. The molecule has 2 heterocycles. The number of amides is 1. The van der Waals surface area contributed by atoms with E-state index in [1.807, 2.05) is 23.9 Å². The summed E-state index contributed by atoms with van der Waals surface area (Å²) >= 11 is 1.76. The van der Waals surface area contributed by atoms with Crippen molar-refractivity contribution < 1.29 is 14.6 Å². The smallest absolute Gasteiger partial charge is 0.270 e. The van der Waals surface area contributed by atoms with Gasteiger partial charge in [0.05, 0.1) is 41.5 Å². The summed E-state index contributed by atoms with van der Waals surface area (Å²) in [4.78, 5) is 30.1. The number of hydrogen-bond acceptors (Lipinski definition) is 5. The number of nitrogens with zero attached hydrogens (tertiary/aromatic N) is 3. The van der Waals surface area contributed by atoms with E-state index in [1.54, 1.807) is 17.4 Å². The van der Waals surface area contributed by atoms with Crippen molar-refractivity contribution in [3.63, 3.8) is 0 Å². The first-order chi connectivity index (χ1) is 12.5. The zero-order chi connectivity index (χ0) is 18.7. The van der Waals surface area contributed by atoms with Crippen LogP contribution in [0.4, 0.5) is 11.4 Å². The molecule has 0 bridgehead atoms. The van der Waals surface area contributed by atoms with Crippen LogP contribution >= 0.6 is 11.3 Å². The minimum absolute atomic E-state index is 0.0547. The fourth-order valence-electron chi connectivity index (χ4n) is 3.23. The van der Waals surface area contributed by atoms with Crippen LogP contribution in [0.25, 0.3) is 0 Å². The summed E-state index contributed by atoms with van der Waals surface area (Å²) in [6.45, 7) is 4.08. The molecule has 0 unspecified atom stereocenters. The molecule has 0 aliphatic carbocycles. The van der Waals surface area contributed by atoms with Gasteiger partial charge in [-0.25, -0.2) is 0 Å². The van der Waals surface area contributed by atoms with Crippen LogP contribution < -0.4 is 9.80 Å². The third-order valence-electron chi connectivity index (χ3n) is 4.67. The molecule has 2 aromatic rings. The summed E-state index contributed by atoms with van der Waals surface area (Å²) < 4.78 is 0. The van der Waals surface area contributed by atoms with E-state index in [9.17, 15) is 14.9 Å². The lowest BCUT2D eigenvalue weighted by Crippen LogP contribution is -3.13. The first-order valence-electron chi connectivity index (χ1n) is 8.56. The number of non-ortho nitro benzene ring substituents is 1. The Kier molecular flexibility index (Phi) is 5.53. The number of nitrogens with one attached hydrogen (secondary N) is 1. The average molecular weight is 375 g/mol. The Balaban J connectivity index is 1.71. The van der Waals surface area contributed by atoms with Crippen molar-refractivity contribution in [1.82, 2.24) is 4.90 Å². The van der Waals surface area contributed by atoms with Crippen LogP contribution in [0.5, 0.6) is 0 Å². The van der Waals surface area contributed by atoms with Crippen LogP contribution in [0.2, 0.25) is 0 Å². The predicted octanol–water partition coefficient (Wildman–Crippen LogP) is 1.26. The van der Waals surface area contributed by atoms with Crippen molar-refractivity contribution >= 4 is 28.6 Å². The van der Waals surface area contributed by atoms with Crippen molar-refractivity contribution in [3.05, 3.63) is 56.3 Å². The van der Waals surface area contributed by atoms with Crippen molar-refractivity contribution in [2.24, 2.45) is 0 Å². The second-order valence-corrected chi connectivity index (χ2v) is 7.68. The Bertz CT molecular complexity index is 784. The number of rotatable bonds is 5. The number of benzene rings is 1. The molecular formula is C18H23N4O3S+. The zero-order valence-electron chi connectivity index (χ0n) is 15.0. The largest absolute Gasteiger partial charge is 0.377 e. The third-order valence-corrected chi connectivity index (χ3v) is 5.54. The molecule has 1 aliphatic rings. The quantitative estimate of drug-likeness (QED) is 0.631. The number of carbonyl (C=O) groups excluding carboxylic acids is 1. The molecule has 1 amide bonds. The fourth-order valence-corrected chi connectivity index (χ4v) is 4.01. The van der Waals surface area contributed by atoms with E-state index in [0.29, 0.717) is 24.3 Å². The van der Waals surface area contributed by atoms with E-state index in [-0.39, 0.29) is 11.6 Å². The van der Waals surface area contributed by atoms with E-state index in [2.05, 4.69) is 17.5 Å². The molecule has 3 rings (SSSR count). The van der Waals surface area contributed by atoms with Crippen LogP contribution in [0.3, 0.4) is 0 Å². The van der Waals surface area contributed by atoms with Gasteiger partial charge in [0.2, 0.25) is 0 Å². The Morgan fingerprint density at radius 2 is 2.04 bits per heavy atom. The molecule has 138 valence electrons. The van der Waals surface area contributed by atoms with Gasteiger partial charge < -0.3 is 14.7 Å². The number of hydrogen-bond donors (Lipinski definition) is 1. The van der Waals surface area contributed by atoms with E-state index < -0.39 is 4.92 Å². The first-order valence-corrected chi connectivity index (χ1v) is 9.44. The average Bonchev–Trinajstić information content (AvgIpc) is 3.14. The first kappa shape index (κ1) is 18.3. The van der Waals surface area contributed by atoms with Gasteiger partial charge in [-0.2, -0.15) is 0 Å². The molecule has 0 radical (unpaired) electrons. The molecule has 1 aromatic heterocycles. The van der Waals surface area contributed by atoms with Gasteiger partial charge in [0.15, 0.2) is 0 Å². The SMILES string of the molecule is CN(C)c1ccc([N+](=O)[O-])cc1C(=O)N1CC[NH+](Cc2cccs2)CC1. The molecule has 26 heavy (non-hydrogen) atoms. The van der Waals surface area contributed by atoms with Crippen molar-refractivity contribution in [2.45, 2.75) is 6.54 Å². The third kappa shape index (κ3) is 4.03. The van der Waals surface area contributed by atoms with Crippen LogP contribution in [-0.2, 0) is 6.54 Å². The molecule has 7 nitrogen and oxygen atoms in total. The van der Waals surface area contributed by atoms with Crippen molar-refractivity contribution in [1.29, 1.82) is 0 Å². The van der Waals surface area contributed by atoms with E-state index in [1.165, 1.54) is 21.9 Å². The highest BCUT2D eigenvalue weighted by atomic mass is 32.1. The molecule has 0 saturated carbocycles. The lowest BCUT2D eigenvalue weighted by Gasteiger charge is -2.32. The van der Waals surface area contributed by atoms with Crippen molar-refractivity contribution in [3.8, 4) is 0 Å². The standard InChI is InChI=1S/C18H22N4O3S/c1-19(2)17-6-5-14(22(24)25)12-16(17)18(23)21-9-7-20(8-10-21)13-15-4-3-11-26-15/h3-6,11-12H,7-10,13H2,1-2H3/p+1. The molecular weight excluding hydrogens is 352 g/mol. The van der Waals surface area contributed by atoms with Gasteiger partial charge in [0.1, 0.15) is 6.54 Å². The maximum Gasteiger partial charge on any atom is 0.270 e. The maximum atomic E-state index is 13.0. The normalized spacial score (nSPS) is 15.1. The summed E-state index contributed by atoms with van der Waals surface area (Å²) in [6.07, 6.45) is 0. The molecule has 1 saturated heterocycles. The summed E-state index contributed by atoms with van der Waals surface area (Å²) in [5.41, 5.74) is 1.04. The van der Waals surface area contributed by atoms with Gasteiger partial charge in [-0.05, 0) is 17.5 Å². The molecule has 0 atom stereocenters. The second kappa shape index (κ2) is 7.84. The summed E-state index contributed by atoms with van der Waals surface area (Å²) in [6, 6.07) is 8.67. The molecule has 1 N–H and O–H groups in total. The number of quaternary nitrogens is 1. The van der Waals surface area contributed by atoms with E-state index in [4.69, 9.17) is 0 Å². The van der Waals surface area contributed by atoms with Crippen LogP contribution in [-0.4, -0.2) is 56.0 Å². The molecule has 1 aromatic carbocycles. The minimum Gasteiger partial charge on any atom is -0.377 e. The molecule has 1 fully saturated rings. The number of nitro groups is 1. The zero-order valence-corrected chi connectivity index (χ0v) is 15.8. The van der Waals surface area contributed by atoms with Crippen LogP contribution in [0.1, 0.15) is 15.2 Å². The van der Waals surface area contributed by atoms with Gasteiger partial charge >= 0.3 is 0 Å². The van der Waals surface area contributed by atoms with E-state index >= 15 is 0 Å². The number of nitro benzene ring substituents is 1. The Labute approximate surface area is 156 Å². The highest BCUT2D eigenvalue weighted by Gasteiger charge is 2.27. The fraction of sp³-hybridized carbons (Fsp3) is 0.389.